The van der Waals surface area contributed by atoms with E-state index in [9.17, 15) is 0 Å². The second-order valence-electron chi connectivity index (χ2n) is 0. The van der Waals surface area contributed by atoms with Crippen molar-refractivity contribution < 1.29 is 34.7 Å². The molecule has 26 valence electrons. The van der Waals surface area contributed by atoms with E-state index in [1.807, 2.05) is 0 Å². The van der Waals surface area contributed by atoms with Crippen LogP contribution < -0.4 is 0 Å². The summed E-state index contributed by atoms with van der Waals surface area (Å²) in [5.74, 6) is 0. The first kappa shape index (κ1) is 46.4. The van der Waals surface area contributed by atoms with Crippen LogP contribution in [0.1, 0.15) is 7.43 Å². The molecule has 0 aromatic rings. The Labute approximate surface area is 59.4 Å². The van der Waals surface area contributed by atoms with Crippen molar-refractivity contribution in [3.8, 4) is 0 Å². The molecule has 0 heterocycles. The third kappa shape index (κ3) is 9.51. The molecule has 0 saturated carbocycles. The maximum absolute atomic E-state index is 0. The standard InChI is InChI=1S/CH4.Al.2Cr.3H/h1H4;;;;;;. The Morgan fingerprint density at radius 3 is 0.750 bits per heavy atom. The smallest absolute Gasteiger partial charge is 0.0776 e. The fourth-order valence-electron chi connectivity index (χ4n) is 0. The second-order valence-corrected chi connectivity index (χ2v) is 0. The molecule has 0 aromatic carbocycles. The van der Waals surface area contributed by atoms with E-state index in [1.54, 1.807) is 0 Å². The molecule has 4 heavy (non-hydrogen) atoms. The van der Waals surface area contributed by atoms with Gasteiger partial charge < -0.3 is 0 Å². The maximum Gasteiger partial charge on any atom is 0.187 e. The molecular formula is CH7AlCr2. The summed E-state index contributed by atoms with van der Waals surface area (Å²) >= 11 is 0. The summed E-state index contributed by atoms with van der Waals surface area (Å²) in [5.41, 5.74) is 0. The average Bonchev–Trinajstić information content (AvgIpc) is 0. The SMILES string of the molecule is C.[AlH3].[Cr].[Cr]. The molecule has 0 rings (SSSR count). The summed E-state index contributed by atoms with van der Waals surface area (Å²) < 4.78 is 0. The van der Waals surface area contributed by atoms with Crippen molar-refractivity contribution in [2.24, 2.45) is 0 Å². The minimum atomic E-state index is 0. The van der Waals surface area contributed by atoms with Crippen molar-refractivity contribution in [1.82, 2.24) is 0 Å². The third-order valence-corrected chi connectivity index (χ3v) is 0. The van der Waals surface area contributed by atoms with Gasteiger partial charge in [0.2, 0.25) is 0 Å². The van der Waals surface area contributed by atoms with E-state index >= 15 is 0 Å². The molecule has 0 fully saturated rings. The van der Waals surface area contributed by atoms with Gasteiger partial charge >= 0.3 is 0 Å². The fraction of sp³-hybridized carbons (Fsp3) is 1.00. The van der Waals surface area contributed by atoms with E-state index in [1.165, 1.54) is 0 Å². The molecule has 0 nitrogen and oxygen atoms in total. The molecular weight excluding hydrogens is 143 g/mol. The fourth-order valence-corrected chi connectivity index (χ4v) is 0. The van der Waals surface area contributed by atoms with Gasteiger partial charge in [0.1, 0.15) is 0 Å². The van der Waals surface area contributed by atoms with Crippen LogP contribution in [-0.4, -0.2) is 17.4 Å². The van der Waals surface area contributed by atoms with Crippen LogP contribution in [0.2, 0.25) is 0 Å². The van der Waals surface area contributed by atoms with Crippen molar-refractivity contribution in [2.75, 3.05) is 0 Å². The first-order chi connectivity index (χ1) is 0. The predicted molar refractivity (Wildman–Crippen MR) is 16.7 cm³/mol. The van der Waals surface area contributed by atoms with E-state index in [4.69, 9.17) is 0 Å². The summed E-state index contributed by atoms with van der Waals surface area (Å²) in [5, 5.41) is 0. The van der Waals surface area contributed by atoms with Crippen molar-refractivity contribution in [1.29, 1.82) is 0 Å². The molecule has 0 aromatic heterocycles. The molecule has 0 radical (unpaired) electrons. The van der Waals surface area contributed by atoms with Crippen LogP contribution in [-0.2, 0) is 34.7 Å². The quantitative estimate of drug-likeness (QED) is 0.406. The van der Waals surface area contributed by atoms with Crippen molar-refractivity contribution >= 4 is 17.4 Å². The molecule has 0 atom stereocenters. The van der Waals surface area contributed by atoms with E-state index in [2.05, 4.69) is 0 Å². The molecule has 0 unspecified atom stereocenters. The molecule has 0 aliphatic heterocycles. The Morgan fingerprint density at radius 2 is 0.750 bits per heavy atom. The van der Waals surface area contributed by atoms with Gasteiger partial charge in [-0.05, 0) is 0 Å². The largest absolute Gasteiger partial charge is 0.187 e. The van der Waals surface area contributed by atoms with Gasteiger partial charge in [0.15, 0.2) is 17.4 Å². The minimum Gasteiger partial charge on any atom is -0.0776 e. The Hall–Kier alpha value is 1.60. The van der Waals surface area contributed by atoms with E-state index in [-0.39, 0.29) is 59.5 Å². The first-order valence-corrected chi connectivity index (χ1v) is 0. The zero-order valence-corrected chi connectivity index (χ0v) is 3.37. The number of rotatable bonds is 0. The van der Waals surface area contributed by atoms with Gasteiger partial charge in [-0.2, -0.15) is 0 Å². The second kappa shape index (κ2) is 23.3. The number of hydrogen-bond acceptors (Lipinski definition) is 0. The Balaban J connectivity index is 0. The summed E-state index contributed by atoms with van der Waals surface area (Å²) in [6.07, 6.45) is 0. The van der Waals surface area contributed by atoms with E-state index in [0.29, 0.717) is 0 Å². The van der Waals surface area contributed by atoms with E-state index in [0.717, 1.165) is 0 Å². The zero-order valence-electron chi connectivity index (χ0n) is 0.816. The normalized spacial score (nSPS) is 0. The molecule has 0 bridgehead atoms. The third-order valence-electron chi connectivity index (χ3n) is 0. The van der Waals surface area contributed by atoms with Gasteiger partial charge in [-0.15, -0.1) is 0 Å². The van der Waals surface area contributed by atoms with Crippen molar-refractivity contribution in [3.63, 3.8) is 0 Å². The zero-order chi connectivity index (χ0) is 0. The summed E-state index contributed by atoms with van der Waals surface area (Å²) in [6, 6.07) is 0. The van der Waals surface area contributed by atoms with Crippen LogP contribution >= 0.6 is 0 Å². The number of hydrogen-bond donors (Lipinski definition) is 0. The summed E-state index contributed by atoms with van der Waals surface area (Å²) in [4.78, 5) is 0. The van der Waals surface area contributed by atoms with Crippen LogP contribution in [0.25, 0.3) is 0 Å². The minimum absolute atomic E-state index is 0. The first-order valence-electron chi connectivity index (χ1n) is 0. The molecule has 3 heteroatoms. The Bertz CT molecular complexity index is 6.00. The van der Waals surface area contributed by atoms with Crippen LogP contribution in [0.15, 0.2) is 0 Å². The summed E-state index contributed by atoms with van der Waals surface area (Å²) in [6.45, 7) is 0. The molecule has 0 amide bonds. The maximum atomic E-state index is 0. The van der Waals surface area contributed by atoms with Crippen LogP contribution in [0.5, 0.6) is 0 Å². The molecule has 0 saturated heterocycles. The van der Waals surface area contributed by atoms with Gasteiger partial charge in [-0.1, -0.05) is 7.43 Å². The van der Waals surface area contributed by atoms with Crippen molar-refractivity contribution in [3.05, 3.63) is 0 Å². The van der Waals surface area contributed by atoms with Crippen LogP contribution in [0.4, 0.5) is 0 Å². The summed E-state index contributed by atoms with van der Waals surface area (Å²) in [7, 11) is 0. The monoisotopic (exact) mass is 150 g/mol. The Morgan fingerprint density at radius 1 is 0.750 bits per heavy atom. The van der Waals surface area contributed by atoms with Gasteiger partial charge in [0.05, 0.1) is 0 Å². The van der Waals surface area contributed by atoms with Crippen LogP contribution in [0.3, 0.4) is 0 Å². The van der Waals surface area contributed by atoms with Gasteiger partial charge in [0.25, 0.3) is 0 Å². The predicted octanol–water partition coefficient (Wildman–Crippen LogP) is -0.553. The molecule has 0 spiro atoms. The van der Waals surface area contributed by atoms with Crippen LogP contribution in [0, 0.1) is 0 Å². The Kier molecular flexibility index (Phi) is 270. The van der Waals surface area contributed by atoms with Gasteiger partial charge in [0, 0.05) is 34.7 Å². The topological polar surface area (TPSA) is 0 Å². The van der Waals surface area contributed by atoms with E-state index < -0.39 is 0 Å². The molecule has 0 N–H and O–H groups in total. The van der Waals surface area contributed by atoms with Gasteiger partial charge in [-0.3, -0.25) is 0 Å². The molecule has 0 aliphatic carbocycles. The van der Waals surface area contributed by atoms with Crippen molar-refractivity contribution in [2.45, 2.75) is 7.43 Å². The van der Waals surface area contributed by atoms with Gasteiger partial charge in [-0.25, -0.2) is 0 Å². The average molecular weight is 150 g/mol. The molecule has 0 aliphatic rings.